The van der Waals surface area contributed by atoms with Crippen molar-refractivity contribution in [2.24, 2.45) is 0 Å². The Hall–Kier alpha value is -1.00. The van der Waals surface area contributed by atoms with E-state index in [-0.39, 0.29) is 11.1 Å². The van der Waals surface area contributed by atoms with E-state index in [1.807, 2.05) is 11.8 Å². The monoisotopic (exact) mass is 272 g/mol. The number of hydrogen-bond acceptors (Lipinski definition) is 3. The number of nitrogen functional groups attached to an aromatic ring is 1. The summed E-state index contributed by atoms with van der Waals surface area (Å²) in [6, 6.07) is 2.86. The minimum atomic E-state index is -0.438. The lowest BCUT2D eigenvalue weighted by atomic mass is 10.2. The predicted octanol–water partition coefficient (Wildman–Crippen LogP) is 3.07. The molecule has 0 bridgehead atoms. The van der Waals surface area contributed by atoms with Gasteiger partial charge in [-0.2, -0.15) is 0 Å². The summed E-state index contributed by atoms with van der Waals surface area (Å²) in [4.78, 5) is 2.03. The molecule has 0 spiro atoms. The van der Waals surface area contributed by atoms with Gasteiger partial charge in [0.15, 0.2) is 0 Å². The van der Waals surface area contributed by atoms with E-state index in [0.29, 0.717) is 11.4 Å². The van der Waals surface area contributed by atoms with Crippen LogP contribution in [0, 0.1) is 5.82 Å². The molecule has 0 amide bonds. The Morgan fingerprint density at radius 1 is 1.56 bits per heavy atom. The van der Waals surface area contributed by atoms with Crippen molar-refractivity contribution in [2.75, 3.05) is 30.3 Å². The van der Waals surface area contributed by atoms with E-state index in [9.17, 15) is 4.39 Å². The predicted molar refractivity (Wildman–Crippen MR) is 72.7 cm³/mol. The zero-order valence-corrected chi connectivity index (χ0v) is 11.2. The molecular weight excluding hydrogens is 255 g/mol. The lowest BCUT2D eigenvalue weighted by molar-refractivity contribution is 0.116. The first kappa shape index (κ1) is 13.4. The Morgan fingerprint density at radius 3 is 2.94 bits per heavy atom. The van der Waals surface area contributed by atoms with E-state index in [1.165, 1.54) is 12.1 Å². The zero-order valence-electron chi connectivity index (χ0n) is 10.5. The summed E-state index contributed by atoms with van der Waals surface area (Å²) >= 11 is 5.71. The molecule has 1 atom stereocenters. The van der Waals surface area contributed by atoms with Crippen LogP contribution in [0.15, 0.2) is 12.1 Å². The van der Waals surface area contributed by atoms with Gasteiger partial charge in [-0.25, -0.2) is 4.39 Å². The van der Waals surface area contributed by atoms with Gasteiger partial charge in [0.05, 0.1) is 22.5 Å². The molecule has 0 saturated carbocycles. The molecule has 0 aliphatic carbocycles. The molecule has 3 nitrogen and oxygen atoms in total. The van der Waals surface area contributed by atoms with Crippen molar-refractivity contribution < 1.29 is 9.13 Å². The highest BCUT2D eigenvalue weighted by Gasteiger charge is 2.20. The van der Waals surface area contributed by atoms with Crippen LogP contribution >= 0.6 is 11.6 Å². The van der Waals surface area contributed by atoms with Crippen LogP contribution in [0.1, 0.15) is 19.8 Å². The number of hydrogen-bond donors (Lipinski definition) is 1. The van der Waals surface area contributed by atoms with Gasteiger partial charge in [-0.15, -0.1) is 0 Å². The normalized spacial score (nSPS) is 19.2. The summed E-state index contributed by atoms with van der Waals surface area (Å²) in [5.41, 5.74) is 7.10. The first-order chi connectivity index (χ1) is 8.61. The maximum absolute atomic E-state index is 13.5. The Labute approximate surface area is 112 Å². The minimum absolute atomic E-state index is 0.0596. The van der Waals surface area contributed by atoms with Crippen LogP contribution in [0.25, 0.3) is 0 Å². The number of nitrogens with zero attached hydrogens (tertiary/aromatic N) is 1. The van der Waals surface area contributed by atoms with Crippen LogP contribution in [-0.4, -0.2) is 25.8 Å². The van der Waals surface area contributed by atoms with Gasteiger partial charge in [0.2, 0.25) is 0 Å². The summed E-state index contributed by atoms with van der Waals surface area (Å²) < 4.78 is 19.1. The molecule has 0 radical (unpaired) electrons. The molecule has 2 N–H and O–H groups in total. The molecule has 1 heterocycles. The zero-order chi connectivity index (χ0) is 13.1. The van der Waals surface area contributed by atoms with E-state index < -0.39 is 5.82 Å². The van der Waals surface area contributed by atoms with Gasteiger partial charge in [-0.1, -0.05) is 11.6 Å². The van der Waals surface area contributed by atoms with Crippen molar-refractivity contribution in [3.63, 3.8) is 0 Å². The Bertz CT molecular complexity index is 422. The first-order valence-electron chi connectivity index (χ1n) is 6.23. The van der Waals surface area contributed by atoms with Gasteiger partial charge in [0.25, 0.3) is 0 Å². The lowest BCUT2D eigenvalue weighted by Crippen LogP contribution is -2.32. The summed E-state index contributed by atoms with van der Waals surface area (Å²) in [5.74, 6) is -0.438. The largest absolute Gasteiger partial charge is 0.397 e. The summed E-state index contributed by atoms with van der Waals surface area (Å²) in [6.07, 6.45) is 2.35. The highest BCUT2D eigenvalue weighted by molar-refractivity contribution is 6.31. The number of rotatable bonds is 4. The summed E-state index contributed by atoms with van der Waals surface area (Å²) in [7, 11) is 0. The molecule has 1 aliphatic heterocycles. The Kier molecular flexibility index (Phi) is 4.30. The number of ether oxygens (including phenoxy) is 1. The van der Waals surface area contributed by atoms with E-state index in [1.54, 1.807) is 0 Å². The van der Waals surface area contributed by atoms with Crippen molar-refractivity contribution in [2.45, 2.75) is 25.9 Å². The molecular formula is C13H18ClFN2O. The number of benzene rings is 1. The molecule has 1 fully saturated rings. The second-order valence-electron chi connectivity index (χ2n) is 4.50. The van der Waals surface area contributed by atoms with Crippen molar-refractivity contribution in [1.82, 2.24) is 0 Å². The SMILES string of the molecule is CCN(CC1CCCO1)c1cc(F)c(Cl)cc1N. The summed E-state index contributed by atoms with van der Waals surface area (Å²) in [5, 5.41) is 0.0596. The molecule has 1 aliphatic rings. The standard InChI is InChI=1S/C13H18ClFN2O/c1-2-17(8-9-4-3-5-18-9)13-7-11(15)10(14)6-12(13)16/h6-7,9H,2-5,8,16H2,1H3. The van der Waals surface area contributed by atoms with Crippen molar-refractivity contribution in [3.8, 4) is 0 Å². The van der Waals surface area contributed by atoms with Gasteiger partial charge < -0.3 is 15.4 Å². The van der Waals surface area contributed by atoms with Crippen LogP contribution in [-0.2, 0) is 4.74 Å². The third kappa shape index (κ3) is 2.87. The van der Waals surface area contributed by atoms with Gasteiger partial charge in [-0.05, 0) is 25.8 Å². The van der Waals surface area contributed by atoms with Crippen LogP contribution in [0.4, 0.5) is 15.8 Å². The number of likely N-dealkylation sites (N-methyl/N-ethyl adjacent to an activating group) is 1. The van der Waals surface area contributed by atoms with Gasteiger partial charge in [0, 0.05) is 25.8 Å². The molecule has 5 heteroatoms. The Morgan fingerprint density at radius 2 is 2.33 bits per heavy atom. The van der Waals surface area contributed by atoms with Gasteiger partial charge in [-0.3, -0.25) is 0 Å². The Balaban J connectivity index is 2.18. The second kappa shape index (κ2) is 5.76. The topological polar surface area (TPSA) is 38.5 Å². The fourth-order valence-corrected chi connectivity index (χ4v) is 2.43. The molecule has 1 saturated heterocycles. The molecule has 100 valence electrons. The lowest BCUT2D eigenvalue weighted by Gasteiger charge is -2.27. The first-order valence-corrected chi connectivity index (χ1v) is 6.60. The third-order valence-electron chi connectivity index (χ3n) is 3.24. The average molecular weight is 273 g/mol. The smallest absolute Gasteiger partial charge is 0.144 e. The van der Waals surface area contributed by atoms with Crippen LogP contribution in [0.2, 0.25) is 5.02 Å². The van der Waals surface area contributed by atoms with E-state index in [2.05, 4.69) is 0 Å². The van der Waals surface area contributed by atoms with Crippen LogP contribution < -0.4 is 10.6 Å². The van der Waals surface area contributed by atoms with Crippen LogP contribution in [0.3, 0.4) is 0 Å². The highest BCUT2D eigenvalue weighted by Crippen LogP contribution is 2.30. The van der Waals surface area contributed by atoms with Crippen molar-refractivity contribution in [3.05, 3.63) is 23.0 Å². The maximum Gasteiger partial charge on any atom is 0.144 e. The third-order valence-corrected chi connectivity index (χ3v) is 3.53. The average Bonchev–Trinajstić information content (AvgIpc) is 2.84. The fraction of sp³-hybridized carbons (Fsp3) is 0.538. The number of anilines is 2. The number of nitrogens with two attached hydrogens (primary N) is 1. The molecule has 1 aromatic rings. The van der Waals surface area contributed by atoms with Crippen molar-refractivity contribution in [1.29, 1.82) is 0 Å². The number of halogens is 2. The van der Waals surface area contributed by atoms with Gasteiger partial charge >= 0.3 is 0 Å². The van der Waals surface area contributed by atoms with E-state index in [4.69, 9.17) is 22.1 Å². The second-order valence-corrected chi connectivity index (χ2v) is 4.91. The summed E-state index contributed by atoms with van der Waals surface area (Å²) in [6.45, 7) is 4.32. The maximum atomic E-state index is 13.5. The van der Waals surface area contributed by atoms with Crippen LogP contribution in [0.5, 0.6) is 0 Å². The minimum Gasteiger partial charge on any atom is -0.397 e. The van der Waals surface area contributed by atoms with E-state index >= 15 is 0 Å². The molecule has 1 unspecified atom stereocenters. The molecule has 1 aromatic carbocycles. The molecule has 18 heavy (non-hydrogen) atoms. The van der Waals surface area contributed by atoms with Crippen molar-refractivity contribution >= 4 is 23.0 Å². The van der Waals surface area contributed by atoms with Gasteiger partial charge in [0.1, 0.15) is 5.82 Å². The quantitative estimate of drug-likeness (QED) is 0.856. The molecule has 2 rings (SSSR count). The molecule has 0 aromatic heterocycles. The highest BCUT2D eigenvalue weighted by atomic mass is 35.5. The van der Waals surface area contributed by atoms with E-state index in [0.717, 1.165) is 32.5 Å². The fourth-order valence-electron chi connectivity index (χ4n) is 2.26.